The van der Waals surface area contributed by atoms with Gasteiger partial charge in [0, 0.05) is 25.9 Å². The van der Waals surface area contributed by atoms with Gasteiger partial charge in [0.05, 0.1) is 19.3 Å². The maximum Gasteiger partial charge on any atom is 0.0964 e. The highest BCUT2D eigenvalue weighted by molar-refractivity contribution is 5.11. The lowest BCUT2D eigenvalue weighted by molar-refractivity contribution is 0.0260. The van der Waals surface area contributed by atoms with E-state index >= 15 is 0 Å². The van der Waals surface area contributed by atoms with Crippen molar-refractivity contribution in [3.8, 4) is 0 Å². The van der Waals surface area contributed by atoms with E-state index in [9.17, 15) is 0 Å². The summed E-state index contributed by atoms with van der Waals surface area (Å²) in [5, 5.41) is 0. The monoisotopic (exact) mass is 197 g/mol. The molecule has 0 N–H and O–H groups in total. The lowest BCUT2D eigenvalue weighted by Crippen LogP contribution is -2.40. The van der Waals surface area contributed by atoms with Crippen LogP contribution in [0.1, 0.15) is 19.3 Å². The predicted octanol–water partition coefficient (Wildman–Crippen LogP) is 1.40. The normalized spacial score (nSPS) is 28.8. The molecule has 2 rings (SSSR count). The van der Waals surface area contributed by atoms with E-state index in [0.29, 0.717) is 6.10 Å². The van der Waals surface area contributed by atoms with Crippen LogP contribution in [0.4, 0.5) is 0 Å². The number of hydrogen-bond donors (Lipinski definition) is 0. The highest BCUT2D eigenvalue weighted by atomic mass is 16.5. The van der Waals surface area contributed by atoms with Crippen molar-refractivity contribution in [1.29, 1.82) is 0 Å². The summed E-state index contributed by atoms with van der Waals surface area (Å²) in [6, 6.07) is 0. The minimum atomic E-state index is 0.321. The average molecular weight is 197 g/mol. The van der Waals surface area contributed by atoms with Gasteiger partial charge in [0.15, 0.2) is 0 Å². The summed E-state index contributed by atoms with van der Waals surface area (Å²) in [5.74, 6) is 0. The van der Waals surface area contributed by atoms with Gasteiger partial charge in [0.25, 0.3) is 0 Å². The topological polar surface area (TPSA) is 21.7 Å². The quantitative estimate of drug-likeness (QED) is 0.668. The van der Waals surface area contributed by atoms with Crippen molar-refractivity contribution in [3.05, 3.63) is 11.8 Å². The molecular formula is C11H19NO2. The van der Waals surface area contributed by atoms with Gasteiger partial charge in [-0.05, 0) is 19.3 Å². The van der Waals surface area contributed by atoms with Gasteiger partial charge in [0.2, 0.25) is 0 Å². The molecule has 1 fully saturated rings. The van der Waals surface area contributed by atoms with Crippen molar-refractivity contribution in [2.75, 3.05) is 33.4 Å². The van der Waals surface area contributed by atoms with Crippen LogP contribution in [0.25, 0.3) is 0 Å². The second-order valence-electron chi connectivity index (χ2n) is 3.88. The molecule has 3 nitrogen and oxygen atoms in total. The zero-order valence-electron chi connectivity index (χ0n) is 8.87. The molecule has 1 heterocycles. The minimum absolute atomic E-state index is 0.321. The summed E-state index contributed by atoms with van der Waals surface area (Å²) in [6.45, 7) is 3.75. The van der Waals surface area contributed by atoms with E-state index in [1.54, 1.807) is 0 Å². The molecule has 0 radical (unpaired) electrons. The summed E-state index contributed by atoms with van der Waals surface area (Å²) >= 11 is 0. The average Bonchev–Trinajstić information content (AvgIpc) is 2.30. The van der Waals surface area contributed by atoms with Gasteiger partial charge in [-0.15, -0.1) is 0 Å². The number of morpholine rings is 1. The lowest BCUT2D eigenvalue weighted by Gasteiger charge is -2.36. The van der Waals surface area contributed by atoms with Crippen LogP contribution in [0.2, 0.25) is 0 Å². The fraction of sp³-hybridized carbons (Fsp3) is 0.818. The second-order valence-corrected chi connectivity index (χ2v) is 3.88. The summed E-state index contributed by atoms with van der Waals surface area (Å²) in [5.41, 5.74) is 1.39. The Balaban J connectivity index is 2.01. The third-order valence-corrected chi connectivity index (χ3v) is 3.01. The first-order valence-electron chi connectivity index (χ1n) is 5.47. The zero-order valence-corrected chi connectivity index (χ0v) is 8.87. The van der Waals surface area contributed by atoms with E-state index in [2.05, 4.69) is 11.0 Å². The molecule has 80 valence electrons. The third kappa shape index (κ3) is 2.10. The fourth-order valence-electron chi connectivity index (χ4n) is 2.23. The summed E-state index contributed by atoms with van der Waals surface area (Å²) in [7, 11) is 1.81. The first-order chi connectivity index (χ1) is 6.92. The fourth-order valence-corrected chi connectivity index (χ4v) is 2.23. The highest BCUT2D eigenvalue weighted by Gasteiger charge is 2.23. The Labute approximate surface area is 85.7 Å². The predicted molar refractivity (Wildman–Crippen MR) is 55.1 cm³/mol. The smallest absolute Gasteiger partial charge is 0.0964 e. The molecule has 0 spiro atoms. The van der Waals surface area contributed by atoms with Crippen LogP contribution < -0.4 is 0 Å². The molecule has 14 heavy (non-hydrogen) atoms. The molecule has 0 bridgehead atoms. The van der Waals surface area contributed by atoms with Gasteiger partial charge >= 0.3 is 0 Å². The molecule has 3 heteroatoms. The molecule has 1 unspecified atom stereocenters. The Morgan fingerprint density at radius 3 is 2.93 bits per heavy atom. The van der Waals surface area contributed by atoms with E-state index in [4.69, 9.17) is 9.47 Å². The van der Waals surface area contributed by atoms with Crippen LogP contribution in [-0.4, -0.2) is 44.4 Å². The number of ether oxygens (including phenoxy) is 2. The number of rotatable bonds is 2. The lowest BCUT2D eigenvalue weighted by atomic mass is 10.0. The first-order valence-corrected chi connectivity index (χ1v) is 5.47. The third-order valence-electron chi connectivity index (χ3n) is 3.01. The Morgan fingerprint density at radius 2 is 2.21 bits per heavy atom. The minimum Gasteiger partial charge on any atom is -0.378 e. The van der Waals surface area contributed by atoms with Crippen LogP contribution in [0.15, 0.2) is 11.8 Å². The van der Waals surface area contributed by atoms with Gasteiger partial charge in [-0.3, -0.25) is 0 Å². The SMILES string of the molecule is COC1CCCC=C1N1CCOCC1. The van der Waals surface area contributed by atoms with Crippen molar-refractivity contribution in [2.24, 2.45) is 0 Å². The van der Waals surface area contributed by atoms with Crippen molar-refractivity contribution >= 4 is 0 Å². The summed E-state index contributed by atoms with van der Waals surface area (Å²) < 4.78 is 10.9. The maximum atomic E-state index is 5.51. The van der Waals surface area contributed by atoms with E-state index in [-0.39, 0.29) is 0 Å². The Bertz CT molecular complexity index is 209. The molecule has 0 amide bonds. The number of allylic oxidation sites excluding steroid dienone is 1. The molecule has 1 aliphatic heterocycles. The van der Waals surface area contributed by atoms with E-state index in [1.165, 1.54) is 25.0 Å². The van der Waals surface area contributed by atoms with Crippen LogP contribution in [-0.2, 0) is 9.47 Å². The highest BCUT2D eigenvalue weighted by Crippen LogP contribution is 2.24. The molecule has 1 aliphatic carbocycles. The first kappa shape index (κ1) is 9.99. The van der Waals surface area contributed by atoms with Crippen LogP contribution in [0, 0.1) is 0 Å². The van der Waals surface area contributed by atoms with Crippen molar-refractivity contribution < 1.29 is 9.47 Å². The molecule has 0 saturated carbocycles. The van der Waals surface area contributed by atoms with Gasteiger partial charge in [0.1, 0.15) is 0 Å². The standard InChI is InChI=1S/C11H19NO2/c1-13-11-5-3-2-4-10(11)12-6-8-14-9-7-12/h4,11H,2-3,5-9H2,1H3. The number of hydrogen-bond acceptors (Lipinski definition) is 3. The van der Waals surface area contributed by atoms with Crippen molar-refractivity contribution in [2.45, 2.75) is 25.4 Å². The molecular weight excluding hydrogens is 178 g/mol. The zero-order chi connectivity index (χ0) is 9.80. The van der Waals surface area contributed by atoms with Gasteiger partial charge in [-0.2, -0.15) is 0 Å². The van der Waals surface area contributed by atoms with Crippen LogP contribution in [0.5, 0.6) is 0 Å². The van der Waals surface area contributed by atoms with Gasteiger partial charge in [-0.1, -0.05) is 6.08 Å². The molecule has 0 aromatic rings. The van der Waals surface area contributed by atoms with Gasteiger partial charge < -0.3 is 14.4 Å². The number of nitrogens with zero attached hydrogens (tertiary/aromatic N) is 1. The molecule has 0 aromatic heterocycles. The van der Waals surface area contributed by atoms with Crippen molar-refractivity contribution in [1.82, 2.24) is 4.90 Å². The van der Waals surface area contributed by atoms with Crippen LogP contribution >= 0.6 is 0 Å². The van der Waals surface area contributed by atoms with E-state index < -0.39 is 0 Å². The van der Waals surface area contributed by atoms with E-state index in [1.807, 2.05) is 7.11 Å². The Hall–Kier alpha value is -0.540. The second kappa shape index (κ2) is 4.80. The largest absolute Gasteiger partial charge is 0.378 e. The number of methoxy groups -OCH3 is 1. The Morgan fingerprint density at radius 1 is 1.43 bits per heavy atom. The molecule has 0 aromatic carbocycles. The van der Waals surface area contributed by atoms with Gasteiger partial charge in [-0.25, -0.2) is 0 Å². The van der Waals surface area contributed by atoms with E-state index in [0.717, 1.165) is 26.3 Å². The molecule has 1 atom stereocenters. The molecule has 1 saturated heterocycles. The summed E-state index contributed by atoms with van der Waals surface area (Å²) in [4.78, 5) is 2.41. The van der Waals surface area contributed by atoms with Crippen molar-refractivity contribution in [3.63, 3.8) is 0 Å². The van der Waals surface area contributed by atoms with Crippen LogP contribution in [0.3, 0.4) is 0 Å². The summed E-state index contributed by atoms with van der Waals surface area (Å²) in [6.07, 6.45) is 6.28. The molecule has 2 aliphatic rings. The Kier molecular flexibility index (Phi) is 3.43. The maximum absolute atomic E-state index is 5.51.